The standard InChI is InChI=1S/C21H22ClF3N2O3S/c1-15-6-5-11-26(13-15)20(28)14-27(31(29,30)17-7-3-2-4-8-17)16-9-10-19(22)18(12-16)21(23,24)25/h2-4,7-10,12,15H,5-6,11,13-14H2,1H3. The predicted octanol–water partition coefficient (Wildman–Crippen LogP) is 4.81. The number of hydrogen-bond acceptors (Lipinski definition) is 3. The lowest BCUT2D eigenvalue weighted by molar-refractivity contribution is -0.137. The molecule has 1 saturated heterocycles. The zero-order chi connectivity index (χ0) is 22.8. The fourth-order valence-corrected chi connectivity index (χ4v) is 5.21. The summed E-state index contributed by atoms with van der Waals surface area (Å²) < 4.78 is 67.5. The maximum absolute atomic E-state index is 13.4. The molecule has 0 N–H and O–H groups in total. The molecule has 1 atom stereocenters. The van der Waals surface area contributed by atoms with Gasteiger partial charge in [0.1, 0.15) is 6.54 Å². The van der Waals surface area contributed by atoms with Gasteiger partial charge in [-0.1, -0.05) is 36.7 Å². The first-order valence-corrected chi connectivity index (χ1v) is 11.5. The number of alkyl halides is 3. The van der Waals surface area contributed by atoms with Crippen molar-refractivity contribution in [1.82, 2.24) is 4.90 Å². The van der Waals surface area contributed by atoms with Crippen molar-refractivity contribution in [2.45, 2.75) is 30.8 Å². The van der Waals surface area contributed by atoms with Crippen molar-refractivity contribution >= 4 is 33.2 Å². The van der Waals surface area contributed by atoms with Crippen LogP contribution in [0.3, 0.4) is 0 Å². The normalized spacial score (nSPS) is 17.5. The number of anilines is 1. The Morgan fingerprint density at radius 2 is 1.87 bits per heavy atom. The Morgan fingerprint density at radius 3 is 2.48 bits per heavy atom. The van der Waals surface area contributed by atoms with Crippen LogP contribution < -0.4 is 4.31 Å². The molecule has 0 spiro atoms. The van der Waals surface area contributed by atoms with Crippen molar-refractivity contribution in [3.05, 3.63) is 59.1 Å². The molecule has 1 amide bonds. The van der Waals surface area contributed by atoms with Crippen LogP contribution in [0.4, 0.5) is 18.9 Å². The summed E-state index contributed by atoms with van der Waals surface area (Å²) in [7, 11) is -4.30. The molecule has 0 bridgehead atoms. The molecule has 5 nitrogen and oxygen atoms in total. The summed E-state index contributed by atoms with van der Waals surface area (Å²) >= 11 is 5.70. The molecular formula is C21H22ClF3N2O3S. The number of hydrogen-bond donors (Lipinski definition) is 0. The summed E-state index contributed by atoms with van der Waals surface area (Å²) in [6, 6.07) is 10.1. The summed E-state index contributed by atoms with van der Waals surface area (Å²) in [6.45, 7) is 2.35. The summed E-state index contributed by atoms with van der Waals surface area (Å²) in [5, 5.41) is -0.551. The maximum Gasteiger partial charge on any atom is 0.417 e. The Kier molecular flexibility index (Phi) is 6.85. The molecule has 1 aliphatic rings. The predicted molar refractivity (Wildman–Crippen MR) is 112 cm³/mol. The van der Waals surface area contributed by atoms with E-state index in [0.29, 0.717) is 19.2 Å². The Hall–Kier alpha value is -2.26. The lowest BCUT2D eigenvalue weighted by Gasteiger charge is -2.33. The van der Waals surface area contributed by atoms with Gasteiger partial charge in [0.05, 0.1) is 21.2 Å². The zero-order valence-corrected chi connectivity index (χ0v) is 18.3. The number of carbonyl (C=O) groups is 1. The van der Waals surface area contributed by atoms with Gasteiger partial charge in [0.2, 0.25) is 5.91 Å². The van der Waals surface area contributed by atoms with E-state index in [1.54, 1.807) is 11.0 Å². The van der Waals surface area contributed by atoms with Gasteiger partial charge in [-0.05, 0) is 49.1 Å². The molecule has 31 heavy (non-hydrogen) atoms. The molecule has 0 aliphatic carbocycles. The molecule has 1 aliphatic heterocycles. The van der Waals surface area contributed by atoms with E-state index in [9.17, 15) is 26.4 Å². The first-order valence-electron chi connectivity index (χ1n) is 9.72. The number of amides is 1. The summed E-state index contributed by atoms with van der Waals surface area (Å²) in [5.74, 6) is -0.196. The van der Waals surface area contributed by atoms with Crippen molar-refractivity contribution in [2.24, 2.45) is 5.92 Å². The van der Waals surface area contributed by atoms with Gasteiger partial charge in [0.25, 0.3) is 10.0 Å². The third-order valence-corrected chi connectivity index (χ3v) is 7.28. The maximum atomic E-state index is 13.4. The largest absolute Gasteiger partial charge is 0.417 e. The van der Waals surface area contributed by atoms with Gasteiger partial charge in [-0.2, -0.15) is 13.2 Å². The highest BCUT2D eigenvalue weighted by atomic mass is 35.5. The van der Waals surface area contributed by atoms with Crippen LogP contribution in [0.2, 0.25) is 5.02 Å². The SMILES string of the molecule is CC1CCCN(C(=O)CN(c2ccc(Cl)c(C(F)(F)F)c2)S(=O)(=O)c2ccccc2)C1. The van der Waals surface area contributed by atoms with E-state index >= 15 is 0 Å². The second kappa shape index (κ2) is 9.08. The van der Waals surface area contributed by atoms with E-state index < -0.39 is 39.2 Å². The number of nitrogens with zero attached hydrogens (tertiary/aromatic N) is 2. The third kappa shape index (κ3) is 5.33. The second-order valence-electron chi connectivity index (χ2n) is 7.57. The average Bonchev–Trinajstić information content (AvgIpc) is 2.72. The average molecular weight is 475 g/mol. The number of piperidine rings is 1. The fourth-order valence-electron chi connectivity index (χ4n) is 3.56. The molecule has 10 heteroatoms. The van der Waals surface area contributed by atoms with Crippen LogP contribution >= 0.6 is 11.6 Å². The Balaban J connectivity index is 2.04. The van der Waals surface area contributed by atoms with Gasteiger partial charge >= 0.3 is 6.18 Å². The highest BCUT2D eigenvalue weighted by Gasteiger charge is 2.36. The van der Waals surface area contributed by atoms with E-state index in [1.165, 1.54) is 30.3 Å². The first kappa shape index (κ1) is 23.4. The number of sulfonamides is 1. The molecule has 2 aromatic rings. The number of rotatable bonds is 5. The topological polar surface area (TPSA) is 57.7 Å². The molecular weight excluding hydrogens is 453 g/mol. The van der Waals surface area contributed by atoms with Gasteiger partial charge in [0.15, 0.2) is 0 Å². The molecule has 1 fully saturated rings. The van der Waals surface area contributed by atoms with Crippen molar-refractivity contribution < 1.29 is 26.4 Å². The minimum absolute atomic E-state index is 0.127. The molecule has 3 rings (SSSR count). The van der Waals surface area contributed by atoms with Crippen LogP contribution in [0, 0.1) is 5.92 Å². The second-order valence-corrected chi connectivity index (χ2v) is 9.84. The molecule has 1 unspecified atom stereocenters. The molecule has 2 aromatic carbocycles. The van der Waals surface area contributed by atoms with Gasteiger partial charge < -0.3 is 4.90 Å². The van der Waals surface area contributed by atoms with Crippen LogP contribution in [-0.2, 0) is 21.0 Å². The van der Waals surface area contributed by atoms with Gasteiger partial charge in [-0.3, -0.25) is 9.10 Å². The smallest absolute Gasteiger partial charge is 0.341 e. The summed E-state index contributed by atoms with van der Waals surface area (Å²) in [6.07, 6.45) is -3.03. The van der Waals surface area contributed by atoms with Crippen molar-refractivity contribution in [2.75, 3.05) is 23.9 Å². The monoisotopic (exact) mass is 474 g/mol. The Morgan fingerprint density at radius 1 is 1.19 bits per heavy atom. The van der Waals surface area contributed by atoms with Gasteiger partial charge in [-0.25, -0.2) is 8.42 Å². The Bertz CT molecular complexity index is 1050. The van der Waals surface area contributed by atoms with Crippen LogP contribution in [0.15, 0.2) is 53.4 Å². The molecule has 0 aromatic heterocycles. The highest BCUT2D eigenvalue weighted by Crippen LogP contribution is 2.38. The lowest BCUT2D eigenvalue weighted by atomic mass is 10.0. The van der Waals surface area contributed by atoms with Gasteiger partial charge in [0, 0.05) is 13.1 Å². The number of likely N-dealkylation sites (tertiary alicyclic amines) is 1. The molecule has 0 radical (unpaired) electrons. The van der Waals surface area contributed by atoms with Crippen molar-refractivity contribution in [3.63, 3.8) is 0 Å². The van der Waals surface area contributed by atoms with Crippen LogP contribution in [0.25, 0.3) is 0 Å². The summed E-state index contributed by atoms with van der Waals surface area (Å²) in [5.41, 5.74) is -1.45. The third-order valence-electron chi connectivity index (χ3n) is 5.16. The van der Waals surface area contributed by atoms with E-state index in [1.807, 2.05) is 6.92 Å². The zero-order valence-electron chi connectivity index (χ0n) is 16.8. The van der Waals surface area contributed by atoms with Crippen molar-refractivity contribution in [3.8, 4) is 0 Å². The first-order chi connectivity index (χ1) is 14.5. The number of carbonyl (C=O) groups excluding carboxylic acids is 1. The number of halogens is 4. The lowest BCUT2D eigenvalue weighted by Crippen LogP contribution is -2.46. The Labute approximate surface area is 184 Å². The quantitative estimate of drug-likeness (QED) is 0.624. The molecule has 1 heterocycles. The number of benzene rings is 2. The van der Waals surface area contributed by atoms with E-state index in [2.05, 4.69) is 0 Å². The van der Waals surface area contributed by atoms with Crippen LogP contribution in [0.5, 0.6) is 0 Å². The molecule has 0 saturated carbocycles. The summed E-state index contributed by atoms with van der Waals surface area (Å²) in [4.78, 5) is 14.4. The highest BCUT2D eigenvalue weighted by molar-refractivity contribution is 7.92. The fraction of sp³-hybridized carbons (Fsp3) is 0.381. The van der Waals surface area contributed by atoms with E-state index in [0.717, 1.165) is 23.2 Å². The molecule has 168 valence electrons. The van der Waals surface area contributed by atoms with Crippen LogP contribution in [-0.4, -0.2) is 38.9 Å². The van der Waals surface area contributed by atoms with E-state index in [4.69, 9.17) is 11.6 Å². The van der Waals surface area contributed by atoms with Crippen molar-refractivity contribution in [1.29, 1.82) is 0 Å². The van der Waals surface area contributed by atoms with Crippen LogP contribution in [0.1, 0.15) is 25.3 Å². The minimum Gasteiger partial charge on any atom is -0.341 e. The van der Waals surface area contributed by atoms with E-state index in [-0.39, 0.29) is 16.5 Å². The van der Waals surface area contributed by atoms with Gasteiger partial charge in [-0.15, -0.1) is 0 Å². The minimum atomic E-state index is -4.78.